The molecule has 0 fully saturated rings. The molecule has 0 aromatic heterocycles. The first-order valence-electron chi connectivity index (χ1n) is 2.84. The van der Waals surface area contributed by atoms with Crippen LogP contribution < -0.4 is 0 Å². The van der Waals surface area contributed by atoms with Gasteiger partial charge in [-0.3, -0.25) is 0 Å². The van der Waals surface area contributed by atoms with Crippen molar-refractivity contribution in [3.63, 3.8) is 0 Å². The highest BCUT2D eigenvalue weighted by molar-refractivity contribution is 6.44. The lowest BCUT2D eigenvalue weighted by Crippen LogP contribution is -2.09. The number of hydrogen-bond donors (Lipinski definition) is 0. The summed E-state index contributed by atoms with van der Waals surface area (Å²) in [5, 5.41) is 0. The van der Waals surface area contributed by atoms with E-state index in [-0.39, 0.29) is 20.0 Å². The van der Waals surface area contributed by atoms with E-state index in [4.69, 9.17) is 55.9 Å². The minimum atomic E-state index is -0.526. The van der Waals surface area contributed by atoms with Crippen molar-refractivity contribution in [2.45, 2.75) is 9.67 Å². The normalized spacial score (nSPS) is 11.5. The van der Waals surface area contributed by atoms with E-state index in [2.05, 4.69) is 0 Å². The maximum atomic E-state index is 5.35. The lowest BCUT2D eigenvalue weighted by Gasteiger charge is -2.05. The molecule has 0 saturated carbocycles. The van der Waals surface area contributed by atoms with Gasteiger partial charge in [-0.05, 0) is 0 Å². The van der Waals surface area contributed by atoms with E-state index in [0.717, 1.165) is 0 Å². The SMILES string of the molecule is ClC(Cl)COCOCC(Cl)Cl. The molecule has 0 aromatic carbocycles. The van der Waals surface area contributed by atoms with Crippen molar-refractivity contribution < 1.29 is 9.47 Å². The van der Waals surface area contributed by atoms with E-state index in [9.17, 15) is 0 Å². The number of alkyl halides is 4. The Hall–Kier alpha value is 1.08. The van der Waals surface area contributed by atoms with E-state index in [1.54, 1.807) is 0 Å². The molecule has 0 spiro atoms. The second-order valence-corrected chi connectivity index (χ2v) is 4.20. The molecule has 0 saturated heterocycles. The molecule has 2 nitrogen and oxygen atoms in total. The first-order chi connectivity index (χ1) is 5.13. The first kappa shape index (κ1) is 12.1. The number of hydrogen-bond acceptors (Lipinski definition) is 2. The van der Waals surface area contributed by atoms with Crippen LogP contribution in [0.3, 0.4) is 0 Å². The second-order valence-electron chi connectivity index (χ2n) is 1.64. The van der Waals surface area contributed by atoms with Crippen molar-refractivity contribution in [2.75, 3.05) is 20.0 Å². The highest BCUT2D eigenvalue weighted by Crippen LogP contribution is 2.03. The van der Waals surface area contributed by atoms with E-state index < -0.39 is 9.67 Å². The van der Waals surface area contributed by atoms with E-state index in [0.29, 0.717) is 0 Å². The van der Waals surface area contributed by atoms with Crippen LogP contribution in [0.1, 0.15) is 0 Å². The van der Waals surface area contributed by atoms with Gasteiger partial charge in [-0.1, -0.05) is 0 Å². The molecule has 6 heteroatoms. The zero-order chi connectivity index (χ0) is 8.69. The Kier molecular flexibility index (Phi) is 8.47. The van der Waals surface area contributed by atoms with Gasteiger partial charge in [0.15, 0.2) is 0 Å². The molecular formula is C5H8Cl4O2. The van der Waals surface area contributed by atoms with Gasteiger partial charge in [-0.25, -0.2) is 0 Å². The predicted molar refractivity (Wildman–Crippen MR) is 47.8 cm³/mol. The fourth-order valence-electron chi connectivity index (χ4n) is 0.333. The molecule has 0 heterocycles. The molecule has 0 atom stereocenters. The van der Waals surface area contributed by atoms with E-state index in [1.807, 2.05) is 0 Å². The van der Waals surface area contributed by atoms with Gasteiger partial charge in [0, 0.05) is 0 Å². The summed E-state index contributed by atoms with van der Waals surface area (Å²) in [5.74, 6) is 0. The molecule has 0 radical (unpaired) electrons. The van der Waals surface area contributed by atoms with E-state index in [1.165, 1.54) is 0 Å². The van der Waals surface area contributed by atoms with Crippen LogP contribution in [0.4, 0.5) is 0 Å². The van der Waals surface area contributed by atoms with Crippen LogP contribution in [0.15, 0.2) is 0 Å². The van der Waals surface area contributed by atoms with Crippen molar-refractivity contribution in [1.29, 1.82) is 0 Å². The second kappa shape index (κ2) is 7.71. The van der Waals surface area contributed by atoms with Gasteiger partial charge in [0.1, 0.15) is 16.5 Å². The van der Waals surface area contributed by atoms with Gasteiger partial charge in [-0.15, -0.1) is 46.4 Å². The Morgan fingerprint density at radius 3 is 1.45 bits per heavy atom. The zero-order valence-electron chi connectivity index (χ0n) is 5.60. The zero-order valence-corrected chi connectivity index (χ0v) is 8.63. The molecule has 0 unspecified atom stereocenters. The minimum Gasteiger partial charge on any atom is -0.353 e. The quantitative estimate of drug-likeness (QED) is 0.404. The molecule has 0 amide bonds. The third kappa shape index (κ3) is 11.1. The fraction of sp³-hybridized carbons (Fsp3) is 1.00. The van der Waals surface area contributed by atoms with Gasteiger partial charge < -0.3 is 9.47 Å². The van der Waals surface area contributed by atoms with Crippen LogP contribution in [0.25, 0.3) is 0 Å². The lowest BCUT2D eigenvalue weighted by molar-refractivity contribution is -0.0467. The first-order valence-corrected chi connectivity index (χ1v) is 4.59. The van der Waals surface area contributed by atoms with E-state index >= 15 is 0 Å². The predicted octanol–water partition coefficient (Wildman–Crippen LogP) is 2.58. The van der Waals surface area contributed by atoms with Gasteiger partial charge in [-0.2, -0.15) is 0 Å². The number of ether oxygens (including phenoxy) is 2. The molecule has 0 aliphatic heterocycles. The Bertz CT molecular complexity index is 78.6. The average Bonchev–Trinajstić information content (AvgIpc) is 1.85. The molecule has 68 valence electrons. The standard InChI is InChI=1S/C5H8Cl4O2/c6-4(7)1-10-3-11-2-5(8)9/h4-5H,1-3H2. The van der Waals surface area contributed by atoms with Crippen LogP contribution in [-0.2, 0) is 9.47 Å². The Labute approximate surface area is 85.6 Å². The molecular weight excluding hydrogens is 234 g/mol. The van der Waals surface area contributed by atoms with Crippen LogP contribution in [0.5, 0.6) is 0 Å². The Morgan fingerprint density at radius 2 is 1.18 bits per heavy atom. The van der Waals surface area contributed by atoms with Gasteiger partial charge in [0.25, 0.3) is 0 Å². The molecule has 11 heavy (non-hydrogen) atoms. The highest BCUT2D eigenvalue weighted by atomic mass is 35.5. The summed E-state index contributed by atoms with van der Waals surface area (Å²) in [6, 6.07) is 0. The monoisotopic (exact) mass is 240 g/mol. The molecule has 0 aliphatic carbocycles. The smallest absolute Gasteiger partial charge is 0.146 e. The van der Waals surface area contributed by atoms with Gasteiger partial charge >= 0.3 is 0 Å². The highest BCUT2D eigenvalue weighted by Gasteiger charge is 1.99. The fourth-order valence-corrected chi connectivity index (χ4v) is 0.690. The summed E-state index contributed by atoms with van der Waals surface area (Å²) >= 11 is 21.4. The van der Waals surface area contributed by atoms with Crippen molar-refractivity contribution in [3.8, 4) is 0 Å². The summed E-state index contributed by atoms with van der Waals surface area (Å²) in [4.78, 5) is -1.05. The summed E-state index contributed by atoms with van der Waals surface area (Å²) in [6.07, 6.45) is 0. The maximum absolute atomic E-state index is 5.35. The number of halogens is 4. The van der Waals surface area contributed by atoms with Crippen molar-refractivity contribution in [2.24, 2.45) is 0 Å². The van der Waals surface area contributed by atoms with Crippen LogP contribution >= 0.6 is 46.4 Å². The summed E-state index contributed by atoms with van der Waals surface area (Å²) in [7, 11) is 0. The number of rotatable bonds is 6. The van der Waals surface area contributed by atoms with Crippen LogP contribution in [-0.4, -0.2) is 29.7 Å². The van der Waals surface area contributed by atoms with Crippen LogP contribution in [0.2, 0.25) is 0 Å². The van der Waals surface area contributed by atoms with Gasteiger partial charge in [0.2, 0.25) is 0 Å². The maximum Gasteiger partial charge on any atom is 0.146 e. The Balaban J connectivity index is 2.91. The topological polar surface area (TPSA) is 18.5 Å². The molecule has 0 bridgehead atoms. The average molecular weight is 242 g/mol. The summed E-state index contributed by atoms with van der Waals surface area (Å²) < 4.78 is 9.68. The van der Waals surface area contributed by atoms with Gasteiger partial charge in [0.05, 0.1) is 13.2 Å². The third-order valence-electron chi connectivity index (χ3n) is 0.654. The third-order valence-corrected chi connectivity index (χ3v) is 1.16. The van der Waals surface area contributed by atoms with Crippen molar-refractivity contribution in [1.82, 2.24) is 0 Å². The Morgan fingerprint density at radius 1 is 0.818 bits per heavy atom. The molecule has 0 rings (SSSR count). The minimum absolute atomic E-state index is 0.103. The lowest BCUT2D eigenvalue weighted by atomic mass is 10.8. The summed E-state index contributed by atoms with van der Waals surface area (Å²) in [5.41, 5.74) is 0. The van der Waals surface area contributed by atoms with Crippen molar-refractivity contribution >= 4 is 46.4 Å². The molecule has 0 N–H and O–H groups in total. The van der Waals surface area contributed by atoms with Crippen molar-refractivity contribution in [3.05, 3.63) is 0 Å². The largest absolute Gasteiger partial charge is 0.353 e. The van der Waals surface area contributed by atoms with Crippen LogP contribution in [0, 0.1) is 0 Å². The molecule has 0 aliphatic rings. The molecule has 0 aromatic rings. The summed E-state index contributed by atoms with van der Waals surface area (Å²) in [6.45, 7) is 0.572.